The van der Waals surface area contributed by atoms with Gasteiger partial charge in [-0.25, -0.2) is 30.7 Å². The van der Waals surface area contributed by atoms with E-state index in [1.807, 2.05) is 6.92 Å². The van der Waals surface area contributed by atoms with Gasteiger partial charge in [0.15, 0.2) is 40.7 Å². The summed E-state index contributed by atoms with van der Waals surface area (Å²) in [5, 5.41) is 0. The van der Waals surface area contributed by atoms with Crippen molar-refractivity contribution < 1.29 is 30.7 Å². The van der Waals surface area contributed by atoms with Gasteiger partial charge in [0.05, 0.1) is 0 Å². The predicted molar refractivity (Wildman–Crippen MR) is 125 cm³/mol. The summed E-state index contributed by atoms with van der Waals surface area (Å²) in [6.07, 6.45) is 0.998. The SMILES string of the molecule is CCCc1ccc(-c2ccc(-c3ccc(CCc4cc(F)c(F)c(F)c4)c(F)c3F)cc2)c(F)c1F. The molecule has 0 nitrogen and oxygen atoms in total. The third kappa shape index (κ3) is 5.01. The van der Waals surface area contributed by atoms with Gasteiger partial charge in [0.1, 0.15) is 0 Å². The van der Waals surface area contributed by atoms with Crippen molar-refractivity contribution in [1.82, 2.24) is 0 Å². The molecule has 0 heterocycles. The lowest BCUT2D eigenvalue weighted by Gasteiger charge is -2.11. The van der Waals surface area contributed by atoms with Crippen LogP contribution in [-0.4, -0.2) is 0 Å². The average molecular weight is 502 g/mol. The highest BCUT2D eigenvalue weighted by atomic mass is 19.2. The van der Waals surface area contributed by atoms with E-state index in [1.165, 1.54) is 48.5 Å². The molecule has 7 heteroatoms. The lowest BCUT2D eigenvalue weighted by molar-refractivity contribution is 0.445. The quantitative estimate of drug-likeness (QED) is 0.175. The number of hydrogen-bond acceptors (Lipinski definition) is 0. The van der Waals surface area contributed by atoms with Crippen LogP contribution < -0.4 is 0 Å². The van der Waals surface area contributed by atoms with Gasteiger partial charge in [0.25, 0.3) is 0 Å². The minimum Gasteiger partial charge on any atom is -0.204 e. The lowest BCUT2D eigenvalue weighted by atomic mass is 9.96. The molecule has 4 aromatic rings. The number of hydrogen-bond donors (Lipinski definition) is 0. The Balaban J connectivity index is 1.55. The van der Waals surface area contributed by atoms with Crippen molar-refractivity contribution in [1.29, 1.82) is 0 Å². The fourth-order valence-corrected chi connectivity index (χ4v) is 4.14. The monoisotopic (exact) mass is 502 g/mol. The Labute approximate surface area is 204 Å². The van der Waals surface area contributed by atoms with E-state index in [0.717, 1.165) is 12.1 Å². The molecule has 4 aromatic carbocycles. The Morgan fingerprint density at radius 2 is 0.917 bits per heavy atom. The highest BCUT2D eigenvalue weighted by molar-refractivity contribution is 5.71. The first-order valence-electron chi connectivity index (χ1n) is 11.4. The van der Waals surface area contributed by atoms with E-state index < -0.39 is 40.7 Å². The van der Waals surface area contributed by atoms with Crippen LogP contribution in [0.15, 0.2) is 60.7 Å². The molecule has 186 valence electrons. The van der Waals surface area contributed by atoms with Crippen molar-refractivity contribution in [2.45, 2.75) is 32.6 Å². The summed E-state index contributed by atoms with van der Waals surface area (Å²) < 4.78 is 98.4. The summed E-state index contributed by atoms with van der Waals surface area (Å²) in [6.45, 7) is 1.87. The maximum atomic E-state index is 14.9. The fourth-order valence-electron chi connectivity index (χ4n) is 4.14. The summed E-state index contributed by atoms with van der Waals surface area (Å²) in [5.41, 5.74) is 1.13. The number of halogens is 7. The predicted octanol–water partition coefficient (Wildman–Crippen LogP) is 8.73. The maximum absolute atomic E-state index is 14.9. The van der Waals surface area contributed by atoms with Crippen molar-refractivity contribution in [2.75, 3.05) is 0 Å². The third-order valence-corrected chi connectivity index (χ3v) is 6.08. The Morgan fingerprint density at radius 1 is 0.472 bits per heavy atom. The maximum Gasteiger partial charge on any atom is 0.194 e. The first kappa shape index (κ1) is 25.5. The summed E-state index contributed by atoms with van der Waals surface area (Å²) in [7, 11) is 0. The van der Waals surface area contributed by atoms with E-state index >= 15 is 0 Å². The van der Waals surface area contributed by atoms with Crippen LogP contribution >= 0.6 is 0 Å². The van der Waals surface area contributed by atoms with Crippen LogP contribution in [0.25, 0.3) is 22.3 Å². The standard InChI is InChI=1S/C29H21F7/c1-2-3-19-10-12-21(27(34)25(19)32)17-6-8-18(9-7-17)22-13-11-20(26(33)28(22)35)5-4-16-14-23(30)29(36)24(31)15-16/h6-15H,2-5H2,1H3. The van der Waals surface area contributed by atoms with E-state index in [9.17, 15) is 30.7 Å². The molecule has 36 heavy (non-hydrogen) atoms. The summed E-state index contributed by atoms with van der Waals surface area (Å²) >= 11 is 0. The first-order valence-corrected chi connectivity index (χ1v) is 11.4. The van der Waals surface area contributed by atoms with Gasteiger partial charge < -0.3 is 0 Å². The minimum atomic E-state index is -1.59. The van der Waals surface area contributed by atoms with Gasteiger partial charge in [0.2, 0.25) is 0 Å². The van der Waals surface area contributed by atoms with Gasteiger partial charge in [0, 0.05) is 11.1 Å². The van der Waals surface area contributed by atoms with Crippen molar-refractivity contribution in [2.24, 2.45) is 0 Å². The highest BCUT2D eigenvalue weighted by Gasteiger charge is 2.18. The van der Waals surface area contributed by atoms with Crippen LogP contribution in [0.2, 0.25) is 0 Å². The first-order chi connectivity index (χ1) is 17.2. The van der Waals surface area contributed by atoms with Crippen molar-refractivity contribution >= 4 is 0 Å². The number of benzene rings is 4. The van der Waals surface area contributed by atoms with Crippen LogP contribution in [0.4, 0.5) is 30.7 Å². The van der Waals surface area contributed by atoms with Crippen LogP contribution in [0.5, 0.6) is 0 Å². The van der Waals surface area contributed by atoms with Crippen LogP contribution in [-0.2, 0) is 19.3 Å². The zero-order valence-electron chi connectivity index (χ0n) is 19.2. The lowest BCUT2D eigenvalue weighted by Crippen LogP contribution is -2.01. The second kappa shape index (κ2) is 10.6. The molecule has 0 aromatic heterocycles. The Bertz CT molecular complexity index is 1390. The summed E-state index contributed by atoms with van der Waals surface area (Å²) in [4.78, 5) is 0. The molecule has 0 radical (unpaired) electrons. The summed E-state index contributed by atoms with van der Waals surface area (Å²) in [6, 6.07) is 13.3. The molecular formula is C29H21F7. The zero-order chi connectivity index (χ0) is 26.0. The number of aryl methyl sites for hydroxylation is 3. The molecule has 0 fully saturated rings. The molecule has 0 saturated heterocycles. The van der Waals surface area contributed by atoms with E-state index in [1.54, 1.807) is 0 Å². The van der Waals surface area contributed by atoms with E-state index in [2.05, 4.69) is 0 Å². The minimum absolute atomic E-state index is 0.0114. The third-order valence-electron chi connectivity index (χ3n) is 6.08. The second-order valence-electron chi connectivity index (χ2n) is 8.50. The van der Waals surface area contributed by atoms with Crippen LogP contribution in [0.3, 0.4) is 0 Å². The van der Waals surface area contributed by atoms with Gasteiger partial charge >= 0.3 is 0 Å². The van der Waals surface area contributed by atoms with Gasteiger partial charge in [-0.15, -0.1) is 0 Å². The molecule has 0 bridgehead atoms. The fraction of sp³-hybridized carbons (Fsp3) is 0.172. The highest BCUT2D eigenvalue weighted by Crippen LogP contribution is 2.31. The average Bonchev–Trinajstić information content (AvgIpc) is 2.86. The van der Waals surface area contributed by atoms with E-state index in [0.29, 0.717) is 29.5 Å². The molecule has 0 saturated carbocycles. The van der Waals surface area contributed by atoms with E-state index in [-0.39, 0.29) is 35.1 Å². The van der Waals surface area contributed by atoms with Crippen LogP contribution in [0, 0.1) is 40.7 Å². The molecule has 0 amide bonds. The molecule has 0 atom stereocenters. The Hall–Kier alpha value is -3.61. The molecule has 0 N–H and O–H groups in total. The molecule has 0 aliphatic heterocycles. The zero-order valence-corrected chi connectivity index (χ0v) is 19.2. The molecule has 0 aliphatic carbocycles. The summed E-state index contributed by atoms with van der Waals surface area (Å²) in [5.74, 6) is -8.38. The molecular weight excluding hydrogens is 481 g/mol. The number of rotatable bonds is 7. The van der Waals surface area contributed by atoms with Gasteiger partial charge in [-0.3, -0.25) is 0 Å². The normalized spacial score (nSPS) is 11.2. The molecule has 0 aliphatic rings. The Kier molecular flexibility index (Phi) is 7.48. The van der Waals surface area contributed by atoms with Gasteiger partial charge in [-0.1, -0.05) is 61.9 Å². The molecule has 0 spiro atoms. The molecule has 0 unspecified atom stereocenters. The molecule has 4 rings (SSSR count). The largest absolute Gasteiger partial charge is 0.204 e. The second-order valence-corrected chi connectivity index (χ2v) is 8.50. The topological polar surface area (TPSA) is 0 Å². The van der Waals surface area contributed by atoms with Crippen molar-refractivity contribution in [3.05, 3.63) is 118 Å². The van der Waals surface area contributed by atoms with Crippen LogP contribution in [0.1, 0.15) is 30.0 Å². The van der Waals surface area contributed by atoms with Crippen molar-refractivity contribution in [3.63, 3.8) is 0 Å². The van der Waals surface area contributed by atoms with Gasteiger partial charge in [-0.05, 0) is 59.2 Å². The Morgan fingerprint density at radius 3 is 1.36 bits per heavy atom. The van der Waals surface area contributed by atoms with Crippen molar-refractivity contribution in [3.8, 4) is 22.3 Å². The van der Waals surface area contributed by atoms with Gasteiger partial charge in [-0.2, -0.15) is 0 Å². The smallest absolute Gasteiger partial charge is 0.194 e. The van der Waals surface area contributed by atoms with E-state index in [4.69, 9.17) is 0 Å².